The highest BCUT2D eigenvalue weighted by atomic mass is 16.5. The van der Waals surface area contributed by atoms with Gasteiger partial charge in [0.1, 0.15) is 19.8 Å². The third-order valence-electron chi connectivity index (χ3n) is 4.75. The van der Waals surface area contributed by atoms with Crippen molar-refractivity contribution < 1.29 is 9.53 Å². The number of hydrogen-bond donors (Lipinski definition) is 1. The molecule has 23 heavy (non-hydrogen) atoms. The van der Waals surface area contributed by atoms with Crippen LogP contribution in [0.5, 0.6) is 0 Å². The largest absolute Gasteiger partial charge is 0.480 e. The SMILES string of the molecule is Bc1c(C)nc(NC(=O)C2=CC3C=C(C)C=CC3O2)c(C)c1C. The lowest BCUT2D eigenvalue weighted by atomic mass is 9.88. The molecule has 5 heteroatoms. The number of ether oxygens (including phenoxy) is 1. The zero-order valence-corrected chi connectivity index (χ0v) is 14.2. The number of nitrogens with one attached hydrogen (secondary N) is 1. The molecule has 0 spiro atoms. The molecule has 2 unspecified atom stereocenters. The van der Waals surface area contributed by atoms with Gasteiger partial charge in [0.15, 0.2) is 5.76 Å². The van der Waals surface area contributed by atoms with Crippen LogP contribution in [-0.4, -0.2) is 24.8 Å². The number of anilines is 1. The van der Waals surface area contributed by atoms with Gasteiger partial charge in [-0.05, 0) is 51.0 Å². The van der Waals surface area contributed by atoms with Crippen molar-refractivity contribution in [3.05, 3.63) is 52.5 Å². The van der Waals surface area contributed by atoms with Gasteiger partial charge in [0.05, 0.1) is 0 Å². The van der Waals surface area contributed by atoms with E-state index in [0.717, 1.165) is 22.3 Å². The molecular formula is C18H21BN2O2. The smallest absolute Gasteiger partial charge is 0.291 e. The molecule has 1 aromatic rings. The molecule has 2 heterocycles. The number of rotatable bonds is 2. The molecule has 3 rings (SSSR count). The van der Waals surface area contributed by atoms with E-state index < -0.39 is 0 Å². The first-order chi connectivity index (χ1) is 10.9. The lowest BCUT2D eigenvalue weighted by Gasteiger charge is -2.17. The highest BCUT2D eigenvalue weighted by Crippen LogP contribution is 2.30. The Kier molecular flexibility index (Phi) is 3.88. The average molecular weight is 308 g/mol. The van der Waals surface area contributed by atoms with Crippen LogP contribution in [0.2, 0.25) is 0 Å². The third kappa shape index (κ3) is 2.83. The molecule has 1 aromatic heterocycles. The van der Waals surface area contributed by atoms with Crippen LogP contribution in [-0.2, 0) is 9.53 Å². The van der Waals surface area contributed by atoms with E-state index in [1.165, 1.54) is 5.57 Å². The van der Waals surface area contributed by atoms with Crippen LogP contribution < -0.4 is 10.8 Å². The molecule has 1 N–H and O–H groups in total. The summed E-state index contributed by atoms with van der Waals surface area (Å²) in [5.41, 5.74) is 5.43. The number of aryl methyl sites for hydroxylation is 1. The van der Waals surface area contributed by atoms with E-state index >= 15 is 0 Å². The number of carbonyl (C=O) groups is 1. The number of nitrogens with zero attached hydrogens (tertiary/aromatic N) is 1. The molecule has 0 fully saturated rings. The minimum atomic E-state index is -0.239. The van der Waals surface area contributed by atoms with Crippen LogP contribution >= 0.6 is 0 Å². The Labute approximate surface area is 137 Å². The van der Waals surface area contributed by atoms with Crippen molar-refractivity contribution in [1.29, 1.82) is 0 Å². The van der Waals surface area contributed by atoms with Crippen molar-refractivity contribution in [3.8, 4) is 0 Å². The summed E-state index contributed by atoms with van der Waals surface area (Å²) < 4.78 is 5.76. The molecule has 1 amide bonds. The summed E-state index contributed by atoms with van der Waals surface area (Å²) in [5.74, 6) is 0.873. The van der Waals surface area contributed by atoms with Crippen LogP contribution in [0.1, 0.15) is 23.7 Å². The Morgan fingerprint density at radius 1 is 1.22 bits per heavy atom. The highest BCUT2D eigenvalue weighted by molar-refractivity contribution is 6.34. The van der Waals surface area contributed by atoms with E-state index in [1.54, 1.807) is 0 Å². The summed E-state index contributed by atoms with van der Waals surface area (Å²) in [6.07, 6.45) is 7.95. The summed E-state index contributed by atoms with van der Waals surface area (Å²) >= 11 is 0. The molecule has 0 saturated carbocycles. The molecule has 0 bridgehead atoms. The molecule has 2 atom stereocenters. The summed E-state index contributed by atoms with van der Waals surface area (Å²) in [7, 11) is 2.05. The van der Waals surface area contributed by atoms with Crippen molar-refractivity contribution >= 4 is 25.0 Å². The molecular weight excluding hydrogens is 287 g/mol. The van der Waals surface area contributed by atoms with Gasteiger partial charge >= 0.3 is 0 Å². The van der Waals surface area contributed by atoms with Crippen LogP contribution in [0, 0.1) is 26.7 Å². The van der Waals surface area contributed by atoms with Gasteiger partial charge in [-0.3, -0.25) is 4.79 Å². The second-order valence-electron chi connectivity index (χ2n) is 6.34. The number of fused-ring (bicyclic) bond motifs is 1. The van der Waals surface area contributed by atoms with Gasteiger partial charge in [-0.1, -0.05) is 23.2 Å². The monoisotopic (exact) mass is 308 g/mol. The molecule has 118 valence electrons. The normalized spacial score (nSPS) is 22.1. The third-order valence-corrected chi connectivity index (χ3v) is 4.75. The van der Waals surface area contributed by atoms with Crippen LogP contribution in [0.4, 0.5) is 5.82 Å². The van der Waals surface area contributed by atoms with Gasteiger partial charge in [-0.15, -0.1) is 0 Å². The van der Waals surface area contributed by atoms with Crippen molar-refractivity contribution in [2.45, 2.75) is 33.8 Å². The fourth-order valence-electron chi connectivity index (χ4n) is 2.94. The fourth-order valence-corrected chi connectivity index (χ4v) is 2.94. The minimum absolute atomic E-state index is 0.0741. The van der Waals surface area contributed by atoms with Gasteiger partial charge in [-0.2, -0.15) is 0 Å². The molecule has 0 aromatic carbocycles. The zero-order valence-electron chi connectivity index (χ0n) is 14.2. The molecule has 4 nitrogen and oxygen atoms in total. The number of aromatic nitrogens is 1. The summed E-state index contributed by atoms with van der Waals surface area (Å²) in [6.45, 7) is 8.02. The van der Waals surface area contributed by atoms with Gasteiger partial charge in [0, 0.05) is 11.6 Å². The molecule has 0 saturated heterocycles. The zero-order chi connectivity index (χ0) is 16.7. The van der Waals surface area contributed by atoms with Gasteiger partial charge in [0.25, 0.3) is 5.91 Å². The maximum absolute atomic E-state index is 12.5. The van der Waals surface area contributed by atoms with E-state index in [0.29, 0.717) is 11.6 Å². The van der Waals surface area contributed by atoms with E-state index in [4.69, 9.17) is 4.74 Å². The summed E-state index contributed by atoms with van der Waals surface area (Å²) in [6, 6.07) is 0. The quantitative estimate of drug-likeness (QED) is 0.845. The van der Waals surface area contributed by atoms with Crippen LogP contribution in [0.3, 0.4) is 0 Å². The van der Waals surface area contributed by atoms with E-state index in [1.807, 2.05) is 53.8 Å². The number of allylic oxidation sites excluding steroid dienone is 2. The Morgan fingerprint density at radius 3 is 2.70 bits per heavy atom. The summed E-state index contributed by atoms with van der Waals surface area (Å²) in [4.78, 5) is 17.0. The first-order valence-corrected chi connectivity index (χ1v) is 7.87. The van der Waals surface area contributed by atoms with E-state index in [9.17, 15) is 4.79 Å². The van der Waals surface area contributed by atoms with Crippen molar-refractivity contribution in [3.63, 3.8) is 0 Å². The van der Waals surface area contributed by atoms with Crippen molar-refractivity contribution in [1.82, 2.24) is 4.98 Å². The predicted octanol–water partition coefficient (Wildman–Crippen LogP) is 1.62. The van der Waals surface area contributed by atoms with Crippen molar-refractivity contribution in [2.75, 3.05) is 5.32 Å². The number of pyridine rings is 1. The Bertz CT molecular complexity index is 778. The maximum atomic E-state index is 12.5. The Morgan fingerprint density at radius 2 is 1.96 bits per heavy atom. The highest BCUT2D eigenvalue weighted by Gasteiger charge is 2.31. The van der Waals surface area contributed by atoms with Crippen LogP contribution in [0.25, 0.3) is 0 Å². The van der Waals surface area contributed by atoms with E-state index in [2.05, 4.69) is 16.4 Å². The molecule has 1 aliphatic heterocycles. The van der Waals surface area contributed by atoms with Crippen molar-refractivity contribution in [2.24, 2.45) is 5.92 Å². The van der Waals surface area contributed by atoms with Gasteiger partial charge in [0.2, 0.25) is 0 Å². The lowest BCUT2D eigenvalue weighted by Crippen LogP contribution is -2.22. The topological polar surface area (TPSA) is 51.2 Å². The minimum Gasteiger partial charge on any atom is -0.480 e. The second kappa shape index (κ2) is 5.72. The maximum Gasteiger partial charge on any atom is 0.291 e. The Balaban J connectivity index is 1.81. The van der Waals surface area contributed by atoms with E-state index in [-0.39, 0.29) is 17.9 Å². The second-order valence-corrected chi connectivity index (χ2v) is 6.34. The standard InChI is InChI=1S/C18H21BN2O2/c1-9-5-6-14-13(7-9)8-15(23-14)18(22)21-17-11(3)10(2)16(19)12(4)20-17/h5-8,13-14H,19H2,1-4H3,(H,20,21,22). The molecule has 2 aliphatic rings. The average Bonchev–Trinajstić information content (AvgIpc) is 2.93. The first kappa shape index (κ1) is 15.6. The first-order valence-electron chi connectivity index (χ1n) is 7.87. The number of amides is 1. The summed E-state index contributed by atoms with van der Waals surface area (Å²) in [5, 5.41) is 2.89. The van der Waals surface area contributed by atoms with Gasteiger partial charge < -0.3 is 10.1 Å². The molecule has 0 radical (unpaired) electrons. The fraction of sp³-hybridized carbons (Fsp3) is 0.333. The van der Waals surface area contributed by atoms with Gasteiger partial charge in [-0.25, -0.2) is 4.98 Å². The predicted molar refractivity (Wildman–Crippen MR) is 94.6 cm³/mol. The lowest BCUT2D eigenvalue weighted by molar-refractivity contribution is -0.116. The Hall–Kier alpha value is -2.30. The number of carbonyl (C=O) groups excluding carboxylic acids is 1. The number of hydrogen-bond acceptors (Lipinski definition) is 3. The van der Waals surface area contributed by atoms with Crippen LogP contribution in [0.15, 0.2) is 35.6 Å². The molecule has 1 aliphatic carbocycles.